The molecule has 1 aromatic carbocycles. The third kappa shape index (κ3) is 13.0. The Morgan fingerprint density at radius 3 is 2.05 bits per heavy atom. The van der Waals surface area contributed by atoms with Crippen LogP contribution in [0.15, 0.2) is 29.2 Å². The highest BCUT2D eigenvalue weighted by atomic mass is 32.2. The largest absolute Gasteiger partial charge is 0.471 e. The Morgan fingerprint density at radius 2 is 1.57 bits per heavy atom. The fraction of sp³-hybridized carbons (Fsp3) is 0.703. The zero-order valence-corrected chi connectivity index (χ0v) is 34.8. The summed E-state index contributed by atoms with van der Waals surface area (Å²) in [5.74, 6) is -5.44. The molecule has 1 saturated heterocycles. The molecule has 1 aromatic rings. The molecule has 2 rings (SSSR count). The number of anilines is 1. The smallest absolute Gasteiger partial charge is 0.444 e. The maximum Gasteiger partial charge on any atom is 0.471 e. The predicted molar refractivity (Wildman–Crippen MR) is 201 cm³/mol. The number of carbonyl (C=O) groups excluding carboxylic acids is 5. The molecule has 0 aliphatic carbocycles. The van der Waals surface area contributed by atoms with Crippen molar-refractivity contribution in [2.45, 2.75) is 128 Å². The normalized spacial score (nSPS) is 18.3. The molecular formula is C37H58F3N5O10S. The minimum Gasteiger partial charge on any atom is -0.444 e. The van der Waals surface area contributed by atoms with Gasteiger partial charge in [-0.1, -0.05) is 41.0 Å². The summed E-state index contributed by atoms with van der Waals surface area (Å²) in [4.78, 5) is 67.9. The Labute approximate surface area is 327 Å². The second-order valence-electron chi connectivity index (χ2n) is 15.4. The average Bonchev–Trinajstić information content (AvgIpc) is 3.58. The monoisotopic (exact) mass is 821 g/mol. The average molecular weight is 822 g/mol. The van der Waals surface area contributed by atoms with Gasteiger partial charge in [-0.2, -0.15) is 13.2 Å². The molecule has 1 heterocycles. The van der Waals surface area contributed by atoms with Crippen molar-refractivity contribution in [3.8, 4) is 0 Å². The number of methoxy groups -OCH3 is 2. The molecule has 19 heteroatoms. The maximum atomic E-state index is 14.1. The first-order chi connectivity index (χ1) is 25.8. The topological polar surface area (TPSA) is 190 Å². The van der Waals surface area contributed by atoms with Crippen LogP contribution in [0.1, 0.15) is 81.1 Å². The summed E-state index contributed by atoms with van der Waals surface area (Å²) < 4.78 is 82.8. The molecular weight excluding hydrogens is 763 g/mol. The number of amides is 5. The zero-order chi connectivity index (χ0) is 42.9. The Balaban J connectivity index is 2.25. The maximum absolute atomic E-state index is 14.1. The molecule has 5 amide bonds. The molecule has 0 radical (unpaired) electrons. The second-order valence-corrected chi connectivity index (χ2v) is 17.1. The zero-order valence-electron chi connectivity index (χ0n) is 34.0. The molecule has 318 valence electrons. The van der Waals surface area contributed by atoms with Crippen LogP contribution < -0.4 is 15.4 Å². The lowest BCUT2D eigenvalue weighted by Crippen LogP contribution is -2.58. The Hall–Kier alpha value is -3.97. The SMILES string of the molecule is CC[C@H](C)[C@@H]([C@@H](CC(=O)N1CCC[C@H]1[C@H](OC)[C@@H](C)C(=O)NS(=O)(=O)c1ccc(NC(=O)C(F)(F)F)cc1)OC)N(C)C(=O)[C@@H](NC(=O)OC(C)(C)C)C(C)C. The molecule has 1 fully saturated rings. The fourth-order valence-corrected chi connectivity index (χ4v) is 7.74. The highest BCUT2D eigenvalue weighted by molar-refractivity contribution is 7.90. The minimum atomic E-state index is -5.15. The summed E-state index contributed by atoms with van der Waals surface area (Å²) in [6.45, 7) is 14.4. The van der Waals surface area contributed by atoms with Gasteiger partial charge in [-0.25, -0.2) is 17.9 Å². The third-order valence-electron chi connectivity index (χ3n) is 9.78. The lowest BCUT2D eigenvalue weighted by molar-refractivity contribution is -0.167. The number of hydrogen-bond acceptors (Lipinski definition) is 10. The number of likely N-dealkylation sites (tertiary alicyclic amines) is 1. The lowest BCUT2D eigenvalue weighted by atomic mass is 9.89. The van der Waals surface area contributed by atoms with Gasteiger partial charge < -0.3 is 34.6 Å². The van der Waals surface area contributed by atoms with E-state index < -0.39 is 80.9 Å². The van der Waals surface area contributed by atoms with Crippen LogP contribution in [0.2, 0.25) is 0 Å². The van der Waals surface area contributed by atoms with E-state index in [0.717, 1.165) is 24.3 Å². The summed E-state index contributed by atoms with van der Waals surface area (Å²) in [7, 11) is -0.111. The van der Waals surface area contributed by atoms with Gasteiger partial charge in [0.05, 0.1) is 41.5 Å². The van der Waals surface area contributed by atoms with E-state index in [4.69, 9.17) is 14.2 Å². The number of halogens is 3. The molecule has 15 nitrogen and oxygen atoms in total. The Morgan fingerprint density at radius 1 is 0.982 bits per heavy atom. The van der Waals surface area contributed by atoms with Crippen molar-refractivity contribution in [2.24, 2.45) is 17.8 Å². The van der Waals surface area contributed by atoms with Crippen molar-refractivity contribution in [1.82, 2.24) is 19.8 Å². The van der Waals surface area contributed by atoms with Crippen LogP contribution in [-0.2, 0) is 43.4 Å². The molecule has 0 saturated carbocycles. The van der Waals surface area contributed by atoms with Crippen molar-refractivity contribution >= 4 is 45.4 Å². The van der Waals surface area contributed by atoms with E-state index in [2.05, 4.69) is 5.32 Å². The van der Waals surface area contributed by atoms with E-state index in [1.165, 1.54) is 26.0 Å². The number of nitrogens with zero attached hydrogens (tertiary/aromatic N) is 2. The van der Waals surface area contributed by atoms with Crippen molar-refractivity contribution in [3.05, 3.63) is 24.3 Å². The van der Waals surface area contributed by atoms with Crippen LogP contribution in [0, 0.1) is 17.8 Å². The van der Waals surface area contributed by atoms with Crippen LogP contribution in [0.5, 0.6) is 0 Å². The molecule has 1 aliphatic rings. The van der Waals surface area contributed by atoms with Gasteiger partial charge in [0, 0.05) is 33.5 Å². The highest BCUT2D eigenvalue weighted by Gasteiger charge is 2.43. The molecule has 0 bridgehead atoms. The number of rotatable bonds is 17. The number of hydrogen-bond donors (Lipinski definition) is 3. The molecule has 1 aliphatic heterocycles. The highest BCUT2D eigenvalue weighted by Crippen LogP contribution is 2.30. The van der Waals surface area contributed by atoms with Gasteiger partial charge in [-0.05, 0) is 69.7 Å². The van der Waals surface area contributed by atoms with E-state index in [9.17, 15) is 45.6 Å². The van der Waals surface area contributed by atoms with Gasteiger partial charge in [0.15, 0.2) is 0 Å². The summed E-state index contributed by atoms with van der Waals surface area (Å²) in [5.41, 5.74) is -1.09. The summed E-state index contributed by atoms with van der Waals surface area (Å²) in [6, 6.07) is 1.61. The van der Waals surface area contributed by atoms with Gasteiger partial charge in [-0.15, -0.1) is 0 Å². The quantitative estimate of drug-likeness (QED) is 0.202. The van der Waals surface area contributed by atoms with E-state index in [-0.39, 0.29) is 35.8 Å². The number of ether oxygens (including phenoxy) is 3. The van der Waals surface area contributed by atoms with Crippen molar-refractivity contribution in [1.29, 1.82) is 0 Å². The van der Waals surface area contributed by atoms with Crippen molar-refractivity contribution in [2.75, 3.05) is 33.1 Å². The van der Waals surface area contributed by atoms with E-state index >= 15 is 0 Å². The van der Waals surface area contributed by atoms with E-state index in [0.29, 0.717) is 25.8 Å². The van der Waals surface area contributed by atoms with Gasteiger partial charge >= 0.3 is 18.2 Å². The number of alkyl halides is 3. The molecule has 56 heavy (non-hydrogen) atoms. The summed E-state index contributed by atoms with van der Waals surface area (Å²) in [5, 5.41) is 4.30. The third-order valence-corrected chi connectivity index (χ3v) is 11.1. The van der Waals surface area contributed by atoms with E-state index in [1.54, 1.807) is 51.9 Å². The fourth-order valence-electron chi connectivity index (χ4n) is 6.68. The summed E-state index contributed by atoms with van der Waals surface area (Å²) in [6.07, 6.45) is -6.11. The summed E-state index contributed by atoms with van der Waals surface area (Å²) >= 11 is 0. The number of nitrogens with one attached hydrogen (secondary N) is 3. The number of alkyl carbamates (subject to hydrolysis) is 1. The lowest BCUT2D eigenvalue weighted by Gasteiger charge is -2.40. The van der Waals surface area contributed by atoms with Crippen LogP contribution in [0.4, 0.5) is 23.7 Å². The minimum absolute atomic E-state index is 0.141. The number of benzene rings is 1. The second kappa shape index (κ2) is 19.9. The molecule has 0 spiro atoms. The number of likely N-dealkylation sites (N-methyl/N-ethyl adjacent to an activating group) is 1. The molecule has 0 aromatic heterocycles. The van der Waals surface area contributed by atoms with E-state index in [1.807, 2.05) is 18.6 Å². The van der Waals surface area contributed by atoms with Crippen molar-refractivity contribution < 1.29 is 59.8 Å². The number of carbonyl (C=O) groups is 5. The Bertz CT molecular complexity index is 1640. The standard InChI is InChI=1S/C37H58F3N5O10S/c1-12-22(4)30(44(9)33(48)29(21(2)3)42-35(50)55-36(6,7)8)27(53-10)20-28(46)45-19-13-14-26(45)31(54-11)23(5)32(47)43-56(51,52)25-17-15-24(16-18-25)41-34(49)37(38,39)40/h15-18,21-23,26-27,29-31H,12-14,19-20H2,1-11H3,(H,41,49)(H,42,50)(H,43,47)/t22-,23+,26-,27+,29-,30-,31+/m0/s1. The first kappa shape index (κ1) is 48.2. The van der Waals surface area contributed by atoms with Gasteiger partial charge in [0.25, 0.3) is 10.0 Å². The Kier molecular flexibility index (Phi) is 17.2. The van der Waals surface area contributed by atoms with Gasteiger partial charge in [0.1, 0.15) is 11.6 Å². The van der Waals surface area contributed by atoms with Crippen LogP contribution in [0.3, 0.4) is 0 Å². The van der Waals surface area contributed by atoms with Crippen LogP contribution in [-0.4, -0.2) is 118 Å². The molecule has 3 N–H and O–H groups in total. The first-order valence-corrected chi connectivity index (χ1v) is 19.9. The predicted octanol–water partition coefficient (Wildman–Crippen LogP) is 4.46. The van der Waals surface area contributed by atoms with Crippen LogP contribution >= 0.6 is 0 Å². The van der Waals surface area contributed by atoms with Gasteiger partial charge in [-0.3, -0.25) is 19.2 Å². The number of sulfonamides is 1. The van der Waals surface area contributed by atoms with Crippen LogP contribution in [0.25, 0.3) is 0 Å². The van der Waals surface area contributed by atoms with Crippen molar-refractivity contribution in [3.63, 3.8) is 0 Å². The van der Waals surface area contributed by atoms with Gasteiger partial charge in [0.2, 0.25) is 17.7 Å². The first-order valence-electron chi connectivity index (χ1n) is 18.5. The molecule has 7 atom stereocenters. The molecule has 0 unspecified atom stereocenters.